The number of hydrogen-bond donors (Lipinski definition) is 1. The minimum atomic E-state index is 0.00648. The molecule has 0 aliphatic rings. The zero-order valence-corrected chi connectivity index (χ0v) is 11.6. The lowest BCUT2D eigenvalue weighted by Crippen LogP contribution is -2.33. The van der Waals surface area contributed by atoms with Crippen LogP contribution in [0.1, 0.15) is 25.2 Å². The van der Waals surface area contributed by atoms with Gasteiger partial charge in [0, 0.05) is 11.7 Å². The van der Waals surface area contributed by atoms with Gasteiger partial charge in [0.05, 0.1) is 9.26 Å². The van der Waals surface area contributed by atoms with Crippen LogP contribution >= 0.6 is 22.6 Å². The molecule has 15 heavy (non-hydrogen) atoms. The first-order chi connectivity index (χ1) is 6.91. The van der Waals surface area contributed by atoms with Crippen molar-refractivity contribution in [2.75, 3.05) is 0 Å². The van der Waals surface area contributed by atoms with E-state index in [1.807, 2.05) is 27.7 Å². The summed E-state index contributed by atoms with van der Waals surface area (Å²) in [4.78, 5) is 11.5. The van der Waals surface area contributed by atoms with Gasteiger partial charge in [0.15, 0.2) is 0 Å². The van der Waals surface area contributed by atoms with Crippen LogP contribution in [0, 0.1) is 17.4 Å². The van der Waals surface area contributed by atoms with Gasteiger partial charge in [0.25, 0.3) is 0 Å². The summed E-state index contributed by atoms with van der Waals surface area (Å²) in [6, 6.07) is 0.175. The molecule has 0 atom stereocenters. The van der Waals surface area contributed by atoms with Crippen molar-refractivity contribution in [2.45, 2.75) is 40.3 Å². The molecule has 1 N–H and O–H groups in total. The van der Waals surface area contributed by atoms with Crippen molar-refractivity contribution < 1.29 is 4.79 Å². The molecule has 0 spiro atoms. The molecule has 5 heteroatoms. The summed E-state index contributed by atoms with van der Waals surface area (Å²) in [6.07, 6.45) is 0. The van der Waals surface area contributed by atoms with E-state index < -0.39 is 0 Å². The molecule has 1 amide bonds. The SMILES string of the molecule is Cc1nn(CC(=O)NC(C)C)c(C)c1I. The highest BCUT2D eigenvalue weighted by molar-refractivity contribution is 14.1. The highest BCUT2D eigenvalue weighted by Gasteiger charge is 2.11. The van der Waals surface area contributed by atoms with Crippen LogP contribution in [0.5, 0.6) is 0 Å². The molecule has 1 aromatic rings. The molecule has 0 aliphatic carbocycles. The topological polar surface area (TPSA) is 46.9 Å². The summed E-state index contributed by atoms with van der Waals surface area (Å²) in [5.41, 5.74) is 2.03. The van der Waals surface area contributed by atoms with E-state index in [-0.39, 0.29) is 11.9 Å². The molecule has 1 aromatic heterocycles. The molecule has 1 rings (SSSR count). The van der Waals surface area contributed by atoms with Crippen molar-refractivity contribution in [3.05, 3.63) is 15.0 Å². The highest BCUT2D eigenvalue weighted by Crippen LogP contribution is 2.14. The van der Waals surface area contributed by atoms with E-state index in [1.54, 1.807) is 4.68 Å². The molecule has 84 valence electrons. The van der Waals surface area contributed by atoms with Crippen LogP contribution in [-0.2, 0) is 11.3 Å². The van der Waals surface area contributed by atoms with Gasteiger partial charge in [-0.05, 0) is 50.3 Å². The Morgan fingerprint density at radius 3 is 2.53 bits per heavy atom. The molecular formula is C10H16IN3O. The van der Waals surface area contributed by atoms with Crippen LogP contribution in [0.4, 0.5) is 0 Å². The van der Waals surface area contributed by atoms with Crippen LogP contribution in [0.15, 0.2) is 0 Å². The maximum absolute atomic E-state index is 11.5. The van der Waals surface area contributed by atoms with Crippen molar-refractivity contribution in [3.8, 4) is 0 Å². The zero-order chi connectivity index (χ0) is 11.6. The Hall–Kier alpha value is -0.590. The second-order valence-corrected chi connectivity index (χ2v) is 4.94. The van der Waals surface area contributed by atoms with E-state index in [0.717, 1.165) is 15.0 Å². The minimum absolute atomic E-state index is 0.00648. The predicted octanol–water partition coefficient (Wildman–Crippen LogP) is 1.63. The number of halogens is 1. The third kappa shape index (κ3) is 3.19. The Kier molecular flexibility index (Phi) is 4.12. The van der Waals surface area contributed by atoms with Crippen molar-refractivity contribution in [2.24, 2.45) is 0 Å². The quantitative estimate of drug-likeness (QED) is 0.860. The molecule has 0 bridgehead atoms. The Labute approximate surface area is 104 Å². The van der Waals surface area contributed by atoms with Gasteiger partial charge < -0.3 is 5.32 Å². The van der Waals surface area contributed by atoms with Gasteiger partial charge in [0.1, 0.15) is 6.54 Å². The second kappa shape index (κ2) is 4.96. The lowest BCUT2D eigenvalue weighted by atomic mass is 10.4. The number of aromatic nitrogens is 2. The molecule has 0 saturated carbocycles. The molecule has 0 fully saturated rings. The van der Waals surface area contributed by atoms with Gasteiger partial charge in [0.2, 0.25) is 5.91 Å². The van der Waals surface area contributed by atoms with E-state index in [4.69, 9.17) is 0 Å². The predicted molar refractivity (Wildman–Crippen MR) is 67.7 cm³/mol. The Balaban J connectivity index is 2.73. The summed E-state index contributed by atoms with van der Waals surface area (Å²) in [7, 11) is 0. The number of aryl methyl sites for hydroxylation is 1. The molecule has 0 saturated heterocycles. The number of carbonyl (C=O) groups is 1. The molecule has 0 radical (unpaired) electrons. The van der Waals surface area contributed by atoms with Crippen molar-refractivity contribution in [1.29, 1.82) is 0 Å². The molecule has 1 heterocycles. The number of carbonyl (C=O) groups excluding carboxylic acids is 1. The van der Waals surface area contributed by atoms with Gasteiger partial charge >= 0.3 is 0 Å². The summed E-state index contributed by atoms with van der Waals surface area (Å²) in [5, 5.41) is 7.15. The lowest BCUT2D eigenvalue weighted by Gasteiger charge is -2.09. The van der Waals surface area contributed by atoms with Crippen LogP contribution in [-0.4, -0.2) is 21.7 Å². The summed E-state index contributed by atoms with van der Waals surface area (Å²) >= 11 is 2.25. The average Bonchev–Trinajstić information content (AvgIpc) is 2.32. The summed E-state index contributed by atoms with van der Waals surface area (Å²) in [5.74, 6) is 0.00648. The summed E-state index contributed by atoms with van der Waals surface area (Å²) in [6.45, 7) is 8.12. The second-order valence-electron chi connectivity index (χ2n) is 3.86. The summed E-state index contributed by atoms with van der Waals surface area (Å²) < 4.78 is 2.87. The van der Waals surface area contributed by atoms with E-state index in [1.165, 1.54) is 0 Å². The standard InChI is InChI=1S/C10H16IN3O/c1-6(2)12-9(15)5-14-8(4)10(11)7(3)13-14/h6H,5H2,1-4H3,(H,12,15). The van der Waals surface area contributed by atoms with Gasteiger partial charge in [-0.25, -0.2) is 0 Å². The molecular weight excluding hydrogens is 305 g/mol. The van der Waals surface area contributed by atoms with Crippen LogP contribution in [0.25, 0.3) is 0 Å². The fraction of sp³-hybridized carbons (Fsp3) is 0.600. The van der Waals surface area contributed by atoms with Gasteiger partial charge in [-0.3, -0.25) is 9.48 Å². The first-order valence-corrected chi connectivity index (χ1v) is 5.98. The number of rotatable bonds is 3. The monoisotopic (exact) mass is 321 g/mol. The van der Waals surface area contributed by atoms with Gasteiger partial charge in [-0.15, -0.1) is 0 Å². The van der Waals surface area contributed by atoms with Gasteiger partial charge in [-0.2, -0.15) is 5.10 Å². The first-order valence-electron chi connectivity index (χ1n) is 4.90. The average molecular weight is 321 g/mol. The normalized spacial score (nSPS) is 10.8. The van der Waals surface area contributed by atoms with Crippen molar-refractivity contribution in [1.82, 2.24) is 15.1 Å². The molecule has 4 nitrogen and oxygen atoms in total. The minimum Gasteiger partial charge on any atom is -0.352 e. The number of nitrogens with one attached hydrogen (secondary N) is 1. The maximum atomic E-state index is 11.5. The maximum Gasteiger partial charge on any atom is 0.241 e. The fourth-order valence-electron chi connectivity index (χ4n) is 1.33. The molecule has 0 aromatic carbocycles. The molecule has 0 aliphatic heterocycles. The number of nitrogens with zero attached hydrogens (tertiary/aromatic N) is 2. The number of amides is 1. The Morgan fingerprint density at radius 2 is 2.13 bits per heavy atom. The van der Waals surface area contributed by atoms with Crippen LogP contribution in [0.3, 0.4) is 0 Å². The fourth-order valence-corrected chi connectivity index (χ4v) is 1.72. The first kappa shape index (κ1) is 12.5. The lowest BCUT2D eigenvalue weighted by molar-refractivity contribution is -0.122. The van der Waals surface area contributed by atoms with Crippen molar-refractivity contribution >= 4 is 28.5 Å². The van der Waals surface area contributed by atoms with E-state index in [0.29, 0.717) is 6.54 Å². The number of hydrogen-bond acceptors (Lipinski definition) is 2. The van der Waals surface area contributed by atoms with Crippen LogP contribution in [0.2, 0.25) is 0 Å². The van der Waals surface area contributed by atoms with Gasteiger partial charge in [-0.1, -0.05) is 0 Å². The highest BCUT2D eigenvalue weighted by atomic mass is 127. The van der Waals surface area contributed by atoms with E-state index in [9.17, 15) is 4.79 Å². The molecule has 0 unspecified atom stereocenters. The van der Waals surface area contributed by atoms with E-state index in [2.05, 4.69) is 33.0 Å². The smallest absolute Gasteiger partial charge is 0.241 e. The largest absolute Gasteiger partial charge is 0.352 e. The third-order valence-electron chi connectivity index (χ3n) is 2.04. The zero-order valence-electron chi connectivity index (χ0n) is 9.47. The Morgan fingerprint density at radius 1 is 1.53 bits per heavy atom. The van der Waals surface area contributed by atoms with Crippen LogP contribution < -0.4 is 5.32 Å². The van der Waals surface area contributed by atoms with Crippen molar-refractivity contribution in [3.63, 3.8) is 0 Å². The Bertz CT molecular complexity index is 371. The van der Waals surface area contributed by atoms with E-state index >= 15 is 0 Å². The third-order valence-corrected chi connectivity index (χ3v) is 3.60.